The van der Waals surface area contributed by atoms with Crippen LogP contribution in [0.15, 0.2) is 59.1 Å². The molecule has 1 unspecified atom stereocenters. The van der Waals surface area contributed by atoms with Gasteiger partial charge < -0.3 is 14.7 Å². The van der Waals surface area contributed by atoms with Crippen LogP contribution in [-0.2, 0) is 0 Å². The minimum atomic E-state index is -0.105. The molecule has 0 aliphatic carbocycles. The van der Waals surface area contributed by atoms with Gasteiger partial charge in [-0.15, -0.1) is 0 Å². The molecular formula is C20H22N4O2. The molecule has 1 amide bonds. The molecule has 1 aromatic heterocycles. The Balaban J connectivity index is 1.58. The van der Waals surface area contributed by atoms with Crippen LogP contribution in [0.3, 0.4) is 0 Å². The summed E-state index contributed by atoms with van der Waals surface area (Å²) >= 11 is 0. The number of carbonyl (C=O) groups is 1. The van der Waals surface area contributed by atoms with Crippen molar-refractivity contribution in [2.24, 2.45) is 0 Å². The third-order valence-electron chi connectivity index (χ3n) is 4.30. The first-order valence-corrected chi connectivity index (χ1v) is 8.51. The van der Waals surface area contributed by atoms with Gasteiger partial charge in [-0.2, -0.15) is 4.98 Å². The molecule has 3 aromatic rings. The fraction of sp³-hybridized carbons (Fsp3) is 0.250. The molecule has 0 aliphatic heterocycles. The summed E-state index contributed by atoms with van der Waals surface area (Å²) in [4.78, 5) is 18.7. The van der Waals surface area contributed by atoms with Crippen molar-refractivity contribution < 1.29 is 9.32 Å². The quantitative estimate of drug-likeness (QED) is 0.738. The number of nitrogens with one attached hydrogen (secondary N) is 1. The molecule has 0 saturated heterocycles. The summed E-state index contributed by atoms with van der Waals surface area (Å²) in [6, 6.07) is 17.4. The van der Waals surface area contributed by atoms with Crippen molar-refractivity contribution >= 4 is 11.6 Å². The highest BCUT2D eigenvalue weighted by Crippen LogP contribution is 2.18. The average Bonchev–Trinajstić information content (AvgIpc) is 3.12. The van der Waals surface area contributed by atoms with Crippen molar-refractivity contribution in [2.45, 2.75) is 19.9 Å². The minimum Gasteiger partial charge on any atom is -0.370 e. The molecule has 0 aliphatic rings. The molecule has 0 saturated carbocycles. The number of rotatable bonds is 6. The van der Waals surface area contributed by atoms with E-state index >= 15 is 0 Å². The van der Waals surface area contributed by atoms with E-state index in [1.54, 1.807) is 31.2 Å². The monoisotopic (exact) mass is 350 g/mol. The van der Waals surface area contributed by atoms with Crippen molar-refractivity contribution in [3.05, 3.63) is 66.0 Å². The number of hydrogen-bond donors (Lipinski definition) is 1. The Hall–Kier alpha value is -3.15. The lowest BCUT2D eigenvalue weighted by Crippen LogP contribution is -2.40. The topological polar surface area (TPSA) is 71.3 Å². The largest absolute Gasteiger partial charge is 0.370 e. The molecule has 134 valence electrons. The molecule has 1 N–H and O–H groups in total. The van der Waals surface area contributed by atoms with Gasteiger partial charge >= 0.3 is 0 Å². The predicted octanol–water partition coefficient (Wildman–Crippen LogP) is 3.30. The number of benzene rings is 2. The second kappa shape index (κ2) is 7.82. The summed E-state index contributed by atoms with van der Waals surface area (Å²) in [5, 5.41) is 6.75. The predicted molar refractivity (Wildman–Crippen MR) is 101 cm³/mol. The van der Waals surface area contributed by atoms with Crippen molar-refractivity contribution in [2.75, 3.05) is 18.5 Å². The van der Waals surface area contributed by atoms with Gasteiger partial charge in [-0.25, -0.2) is 0 Å². The maximum atomic E-state index is 12.4. The van der Waals surface area contributed by atoms with Crippen LogP contribution in [-0.4, -0.2) is 35.7 Å². The standard InChI is InChI=1S/C20H22N4O2/c1-14(24(3)18-7-5-4-6-8-18)13-21-19(25)16-9-11-17(12-10-16)20-22-15(2)23-26-20/h4-12,14H,13H2,1-3H3,(H,21,25). The second-order valence-electron chi connectivity index (χ2n) is 6.23. The maximum absolute atomic E-state index is 12.4. The maximum Gasteiger partial charge on any atom is 0.257 e. The smallest absolute Gasteiger partial charge is 0.257 e. The summed E-state index contributed by atoms with van der Waals surface area (Å²) in [6.45, 7) is 4.39. The average molecular weight is 350 g/mol. The lowest BCUT2D eigenvalue weighted by Gasteiger charge is -2.27. The lowest BCUT2D eigenvalue weighted by atomic mass is 10.1. The van der Waals surface area contributed by atoms with Crippen LogP contribution in [0.1, 0.15) is 23.1 Å². The van der Waals surface area contributed by atoms with Crippen molar-refractivity contribution in [3.8, 4) is 11.5 Å². The Morgan fingerprint density at radius 1 is 1.15 bits per heavy atom. The first-order chi connectivity index (χ1) is 12.5. The van der Waals surface area contributed by atoms with E-state index in [0.29, 0.717) is 23.8 Å². The highest BCUT2D eigenvalue weighted by Gasteiger charge is 2.13. The van der Waals surface area contributed by atoms with Crippen LogP contribution >= 0.6 is 0 Å². The number of hydrogen-bond acceptors (Lipinski definition) is 5. The number of anilines is 1. The van der Waals surface area contributed by atoms with Crippen molar-refractivity contribution in [1.29, 1.82) is 0 Å². The fourth-order valence-corrected chi connectivity index (χ4v) is 2.58. The van der Waals surface area contributed by atoms with E-state index in [1.165, 1.54) is 0 Å². The van der Waals surface area contributed by atoms with Crippen LogP contribution in [0.4, 0.5) is 5.69 Å². The zero-order valence-corrected chi connectivity index (χ0v) is 15.1. The van der Waals surface area contributed by atoms with Gasteiger partial charge in [0.05, 0.1) is 0 Å². The van der Waals surface area contributed by atoms with Gasteiger partial charge in [0.15, 0.2) is 5.82 Å². The number of likely N-dealkylation sites (N-methyl/N-ethyl adjacent to an activating group) is 1. The summed E-state index contributed by atoms with van der Waals surface area (Å²) < 4.78 is 5.13. The van der Waals surface area contributed by atoms with Crippen LogP contribution in [0, 0.1) is 6.92 Å². The van der Waals surface area contributed by atoms with Crippen LogP contribution in [0.5, 0.6) is 0 Å². The number of para-hydroxylation sites is 1. The number of carbonyl (C=O) groups excluding carboxylic acids is 1. The van der Waals surface area contributed by atoms with Crippen LogP contribution in [0.2, 0.25) is 0 Å². The van der Waals surface area contributed by atoms with Gasteiger partial charge in [-0.1, -0.05) is 23.4 Å². The molecule has 6 heteroatoms. The third-order valence-corrected chi connectivity index (χ3v) is 4.30. The van der Waals surface area contributed by atoms with E-state index in [4.69, 9.17) is 4.52 Å². The molecule has 1 atom stereocenters. The molecule has 0 spiro atoms. The van der Waals surface area contributed by atoms with Gasteiger partial charge in [-0.3, -0.25) is 4.79 Å². The molecule has 1 heterocycles. The van der Waals surface area contributed by atoms with Gasteiger partial charge in [0, 0.05) is 36.4 Å². The van der Waals surface area contributed by atoms with Gasteiger partial charge in [0.2, 0.25) is 0 Å². The lowest BCUT2D eigenvalue weighted by molar-refractivity contribution is 0.0951. The van der Waals surface area contributed by atoms with E-state index in [2.05, 4.69) is 39.4 Å². The van der Waals surface area contributed by atoms with E-state index < -0.39 is 0 Å². The molecule has 0 fully saturated rings. The Bertz CT molecular complexity index is 859. The third kappa shape index (κ3) is 4.08. The second-order valence-corrected chi connectivity index (χ2v) is 6.23. The molecule has 6 nitrogen and oxygen atoms in total. The Labute approximate surface area is 152 Å². The Morgan fingerprint density at radius 2 is 1.85 bits per heavy atom. The summed E-state index contributed by atoms with van der Waals surface area (Å²) in [5.74, 6) is 0.928. The van der Waals surface area contributed by atoms with Gasteiger partial charge in [-0.05, 0) is 50.2 Å². The Morgan fingerprint density at radius 3 is 2.46 bits per heavy atom. The summed E-state index contributed by atoms with van der Waals surface area (Å²) in [6.07, 6.45) is 0. The van der Waals surface area contributed by atoms with E-state index in [0.717, 1.165) is 11.3 Å². The fourth-order valence-electron chi connectivity index (χ4n) is 2.58. The SMILES string of the molecule is Cc1noc(-c2ccc(C(=O)NCC(C)N(C)c3ccccc3)cc2)n1. The van der Waals surface area contributed by atoms with Crippen LogP contribution in [0.25, 0.3) is 11.5 Å². The molecule has 26 heavy (non-hydrogen) atoms. The molecule has 2 aromatic carbocycles. The first kappa shape index (κ1) is 17.7. The van der Waals surface area contributed by atoms with Crippen molar-refractivity contribution in [3.63, 3.8) is 0 Å². The van der Waals surface area contributed by atoms with E-state index in [-0.39, 0.29) is 11.9 Å². The van der Waals surface area contributed by atoms with Crippen LogP contribution < -0.4 is 10.2 Å². The number of aromatic nitrogens is 2. The van der Waals surface area contributed by atoms with Crippen molar-refractivity contribution in [1.82, 2.24) is 15.5 Å². The number of amides is 1. The van der Waals surface area contributed by atoms with E-state index in [9.17, 15) is 4.79 Å². The Kier molecular flexibility index (Phi) is 5.31. The molecular weight excluding hydrogens is 328 g/mol. The summed E-state index contributed by atoms with van der Waals surface area (Å²) in [7, 11) is 2.02. The minimum absolute atomic E-state index is 0.105. The number of aryl methyl sites for hydroxylation is 1. The van der Waals surface area contributed by atoms with Gasteiger partial charge in [0.1, 0.15) is 0 Å². The first-order valence-electron chi connectivity index (χ1n) is 8.51. The molecule has 3 rings (SSSR count). The van der Waals surface area contributed by atoms with E-state index in [1.807, 2.05) is 25.2 Å². The zero-order chi connectivity index (χ0) is 18.5. The highest BCUT2D eigenvalue weighted by atomic mass is 16.5. The number of nitrogens with zero attached hydrogens (tertiary/aromatic N) is 3. The van der Waals surface area contributed by atoms with Gasteiger partial charge in [0.25, 0.3) is 11.8 Å². The highest BCUT2D eigenvalue weighted by molar-refractivity contribution is 5.94. The summed E-state index contributed by atoms with van der Waals surface area (Å²) in [5.41, 5.74) is 2.51. The normalized spacial score (nSPS) is 11.8. The molecule has 0 radical (unpaired) electrons. The molecule has 0 bridgehead atoms. The zero-order valence-electron chi connectivity index (χ0n) is 15.1.